The first-order chi connectivity index (χ1) is 11.5. The smallest absolute Gasteiger partial charge is 0.413 e. The van der Waals surface area contributed by atoms with Crippen molar-refractivity contribution >= 4 is 45.4 Å². The molecule has 0 aliphatic carbocycles. The van der Waals surface area contributed by atoms with E-state index in [2.05, 4.69) is 15.0 Å². The van der Waals surface area contributed by atoms with Crippen molar-refractivity contribution in [1.82, 2.24) is 9.38 Å². The Bertz CT molecular complexity index is 902. The number of amides is 1. The molecule has 0 saturated carbocycles. The van der Waals surface area contributed by atoms with Gasteiger partial charge in [0.2, 0.25) is 5.82 Å². The van der Waals surface area contributed by atoms with Gasteiger partial charge < -0.3 is 20.2 Å². The van der Waals surface area contributed by atoms with Crippen LogP contribution in [-0.4, -0.2) is 34.6 Å². The van der Waals surface area contributed by atoms with Crippen LogP contribution in [0, 0.1) is 10.1 Å². The largest absolute Gasteiger partial charge is 0.452 e. The number of carbonyl (C=O) groups is 1. The predicted octanol–water partition coefficient (Wildman–Crippen LogP) is 3.25. The number of aromatic nitrogens is 2. The van der Waals surface area contributed by atoms with Crippen molar-refractivity contribution in [2.75, 3.05) is 24.4 Å². The molecule has 10 heteroatoms. The fourth-order valence-corrected chi connectivity index (χ4v) is 2.89. The van der Waals surface area contributed by atoms with Gasteiger partial charge in [-0.25, -0.2) is 4.79 Å². The average molecular weight is 347 g/mol. The van der Waals surface area contributed by atoms with Crippen molar-refractivity contribution in [3.63, 3.8) is 0 Å². The van der Waals surface area contributed by atoms with Crippen LogP contribution in [-0.2, 0) is 4.74 Å². The van der Waals surface area contributed by atoms with Crippen LogP contribution in [0.15, 0.2) is 35.8 Å². The molecular weight excluding hydrogens is 334 g/mol. The van der Waals surface area contributed by atoms with Crippen LogP contribution in [0.5, 0.6) is 0 Å². The van der Waals surface area contributed by atoms with Crippen molar-refractivity contribution < 1.29 is 14.5 Å². The number of ether oxygens (including phenoxy) is 1. The quantitative estimate of drug-likeness (QED) is 0.574. The zero-order chi connectivity index (χ0) is 17.3. The fourth-order valence-electron chi connectivity index (χ4n) is 2.18. The summed E-state index contributed by atoms with van der Waals surface area (Å²) in [6.45, 7) is 0. The number of nitrogens with zero attached hydrogens (tertiary/aromatic N) is 4. The molecule has 1 aromatic carbocycles. The van der Waals surface area contributed by atoms with Crippen LogP contribution in [0.4, 0.5) is 27.8 Å². The van der Waals surface area contributed by atoms with Crippen LogP contribution in [0.25, 0.3) is 4.96 Å². The lowest BCUT2D eigenvalue weighted by Crippen LogP contribution is -2.25. The first-order valence-corrected chi connectivity index (χ1v) is 7.68. The van der Waals surface area contributed by atoms with E-state index in [0.717, 1.165) is 0 Å². The van der Waals surface area contributed by atoms with Crippen molar-refractivity contribution in [1.29, 1.82) is 0 Å². The third-order valence-electron chi connectivity index (χ3n) is 3.38. The highest BCUT2D eigenvalue weighted by atomic mass is 32.1. The molecule has 9 nitrogen and oxygen atoms in total. The van der Waals surface area contributed by atoms with Crippen LogP contribution in [0.1, 0.15) is 0 Å². The van der Waals surface area contributed by atoms with Crippen LogP contribution < -0.4 is 10.2 Å². The number of methoxy groups -OCH3 is 1. The molecule has 0 spiro atoms. The summed E-state index contributed by atoms with van der Waals surface area (Å²) in [4.78, 5) is 28.4. The molecule has 124 valence electrons. The van der Waals surface area contributed by atoms with E-state index in [9.17, 15) is 14.9 Å². The topological polar surface area (TPSA) is 102 Å². The van der Waals surface area contributed by atoms with E-state index in [1.807, 2.05) is 0 Å². The number of hydrogen-bond acceptors (Lipinski definition) is 7. The van der Waals surface area contributed by atoms with Gasteiger partial charge in [0.05, 0.1) is 7.11 Å². The highest BCUT2D eigenvalue weighted by Gasteiger charge is 2.23. The molecule has 0 fully saturated rings. The lowest BCUT2D eigenvalue weighted by atomic mass is 10.2. The summed E-state index contributed by atoms with van der Waals surface area (Å²) in [6, 6.07) is 6.80. The Morgan fingerprint density at radius 3 is 2.75 bits per heavy atom. The molecular formula is C14H13N5O4S. The van der Waals surface area contributed by atoms with E-state index in [1.165, 1.54) is 27.7 Å². The number of rotatable bonds is 4. The number of carbonyl (C=O) groups excluding carboxylic acids is 1. The molecule has 24 heavy (non-hydrogen) atoms. The van der Waals surface area contributed by atoms with Crippen molar-refractivity contribution in [2.45, 2.75) is 0 Å². The Balaban J connectivity index is 1.87. The third-order valence-corrected chi connectivity index (χ3v) is 4.13. The number of anilines is 3. The third kappa shape index (κ3) is 2.74. The molecule has 0 bridgehead atoms. The Morgan fingerprint density at radius 2 is 2.12 bits per heavy atom. The maximum absolute atomic E-state index is 11.5. The van der Waals surface area contributed by atoms with Crippen LogP contribution in [0.3, 0.4) is 0 Å². The SMILES string of the molecule is COC(=O)N(C)c1ccc(Nc2nc3sccn3c2[N+](=O)[O-])cc1. The van der Waals surface area contributed by atoms with Gasteiger partial charge in [-0.05, 0) is 29.2 Å². The Morgan fingerprint density at radius 1 is 1.42 bits per heavy atom. The monoisotopic (exact) mass is 347 g/mol. The van der Waals surface area contributed by atoms with E-state index in [-0.39, 0.29) is 11.6 Å². The molecule has 3 rings (SSSR count). The van der Waals surface area contributed by atoms with Gasteiger partial charge in [0.25, 0.3) is 4.96 Å². The van der Waals surface area contributed by atoms with Crippen LogP contribution in [0.2, 0.25) is 0 Å². The van der Waals surface area contributed by atoms with Gasteiger partial charge in [-0.1, -0.05) is 11.3 Å². The van der Waals surface area contributed by atoms with Gasteiger partial charge in [-0.3, -0.25) is 4.90 Å². The van der Waals surface area contributed by atoms with Gasteiger partial charge in [0.1, 0.15) is 6.20 Å². The van der Waals surface area contributed by atoms with E-state index in [4.69, 9.17) is 0 Å². The average Bonchev–Trinajstić information content (AvgIpc) is 3.14. The molecule has 1 amide bonds. The lowest BCUT2D eigenvalue weighted by Gasteiger charge is -2.15. The Hall–Kier alpha value is -3.14. The second-order valence-electron chi connectivity index (χ2n) is 4.80. The van der Waals surface area contributed by atoms with E-state index in [1.54, 1.807) is 42.9 Å². The molecule has 2 aromatic heterocycles. The number of imidazole rings is 1. The summed E-state index contributed by atoms with van der Waals surface area (Å²) >= 11 is 1.31. The first kappa shape index (κ1) is 15.7. The van der Waals surface area contributed by atoms with Gasteiger partial charge in [0, 0.05) is 23.8 Å². The zero-order valence-electron chi connectivity index (χ0n) is 12.8. The molecule has 1 N–H and O–H groups in total. The van der Waals surface area contributed by atoms with Gasteiger partial charge in [-0.2, -0.15) is 9.38 Å². The molecule has 3 aromatic rings. The van der Waals surface area contributed by atoms with E-state index >= 15 is 0 Å². The molecule has 2 heterocycles. The maximum Gasteiger partial charge on any atom is 0.413 e. The van der Waals surface area contributed by atoms with Gasteiger partial charge in [0.15, 0.2) is 0 Å². The van der Waals surface area contributed by atoms with E-state index in [0.29, 0.717) is 16.3 Å². The second kappa shape index (κ2) is 6.16. The summed E-state index contributed by atoms with van der Waals surface area (Å²) in [5.74, 6) is 0.0444. The Kier molecular flexibility index (Phi) is 4.04. The van der Waals surface area contributed by atoms with Gasteiger partial charge in [-0.15, -0.1) is 0 Å². The minimum absolute atomic E-state index is 0.123. The number of benzene rings is 1. The predicted molar refractivity (Wildman–Crippen MR) is 90.3 cm³/mol. The minimum atomic E-state index is -0.485. The zero-order valence-corrected chi connectivity index (χ0v) is 13.6. The summed E-state index contributed by atoms with van der Waals surface area (Å²) in [7, 11) is 2.89. The number of nitro groups is 1. The number of fused-ring (bicyclic) bond motifs is 1. The van der Waals surface area contributed by atoms with Crippen molar-refractivity contribution in [2.24, 2.45) is 0 Å². The summed E-state index contributed by atoms with van der Waals surface area (Å²) in [5, 5.41) is 16.0. The first-order valence-electron chi connectivity index (χ1n) is 6.80. The molecule has 0 atom stereocenters. The van der Waals surface area contributed by atoms with Crippen molar-refractivity contribution in [3.8, 4) is 0 Å². The summed E-state index contributed by atoms with van der Waals surface area (Å²) < 4.78 is 6.07. The molecule has 0 aliphatic heterocycles. The molecule has 0 aliphatic rings. The highest BCUT2D eigenvalue weighted by Crippen LogP contribution is 2.30. The second-order valence-corrected chi connectivity index (χ2v) is 5.67. The number of nitrogens with one attached hydrogen (secondary N) is 1. The Labute approximate surface area is 140 Å². The van der Waals surface area contributed by atoms with Crippen LogP contribution >= 0.6 is 11.3 Å². The highest BCUT2D eigenvalue weighted by molar-refractivity contribution is 7.15. The number of thiazole rings is 1. The van der Waals surface area contributed by atoms with Gasteiger partial charge >= 0.3 is 11.9 Å². The lowest BCUT2D eigenvalue weighted by molar-refractivity contribution is -0.389. The van der Waals surface area contributed by atoms with Crippen molar-refractivity contribution in [3.05, 3.63) is 46.0 Å². The fraction of sp³-hybridized carbons (Fsp3) is 0.143. The number of hydrogen-bond donors (Lipinski definition) is 1. The normalized spacial score (nSPS) is 10.6. The standard InChI is InChI=1S/C14H13N5O4S/c1-17(14(20)23-2)10-5-3-9(4-6-10)15-11-12(19(21)22)18-7-8-24-13(18)16-11/h3-8,15H,1-2H3. The molecule has 0 unspecified atom stereocenters. The maximum atomic E-state index is 11.5. The summed E-state index contributed by atoms with van der Waals surface area (Å²) in [6.07, 6.45) is 1.12. The minimum Gasteiger partial charge on any atom is -0.452 e. The summed E-state index contributed by atoms with van der Waals surface area (Å²) in [5.41, 5.74) is 1.25. The molecule has 0 saturated heterocycles. The molecule has 0 radical (unpaired) electrons. The van der Waals surface area contributed by atoms with E-state index < -0.39 is 11.0 Å².